The highest BCUT2D eigenvalue weighted by Gasteiger charge is 2.23. The Hall–Kier alpha value is -1.29. The van der Waals surface area contributed by atoms with Crippen molar-refractivity contribution >= 4 is 0 Å². The Morgan fingerprint density at radius 2 is 2.12 bits per heavy atom. The molecule has 1 fully saturated rings. The van der Waals surface area contributed by atoms with E-state index in [0.29, 0.717) is 11.7 Å². The van der Waals surface area contributed by atoms with Crippen LogP contribution in [-0.2, 0) is 0 Å². The summed E-state index contributed by atoms with van der Waals surface area (Å²) in [6, 6.07) is 3.55. The minimum Gasteiger partial charge on any atom is -0.494 e. The Bertz CT molecular complexity index is 376. The molecule has 1 atom stereocenters. The van der Waals surface area contributed by atoms with Crippen LogP contribution in [0.15, 0.2) is 12.1 Å². The summed E-state index contributed by atoms with van der Waals surface area (Å²) in [6.45, 7) is 1.85. The second-order valence-corrected chi connectivity index (χ2v) is 3.89. The molecular formula is C12H16FNO2. The number of ether oxygens (including phenoxy) is 2. The van der Waals surface area contributed by atoms with Crippen molar-refractivity contribution in [3.8, 4) is 11.5 Å². The average Bonchev–Trinajstić information content (AvgIpc) is 2.82. The zero-order valence-corrected chi connectivity index (χ0v) is 9.55. The first-order valence-electron chi connectivity index (χ1n) is 5.39. The van der Waals surface area contributed by atoms with Crippen LogP contribution < -0.4 is 14.8 Å². The maximum Gasteiger partial charge on any atom is 0.207 e. The number of benzene rings is 1. The lowest BCUT2D eigenvalue weighted by molar-refractivity contribution is 0.345. The zero-order valence-electron chi connectivity index (χ0n) is 9.55. The molecule has 1 aliphatic heterocycles. The molecule has 1 aromatic rings. The largest absolute Gasteiger partial charge is 0.494 e. The van der Waals surface area contributed by atoms with Crippen molar-refractivity contribution in [3.63, 3.8) is 0 Å². The number of nitrogens with one attached hydrogen (secondary N) is 1. The van der Waals surface area contributed by atoms with Crippen molar-refractivity contribution in [2.75, 3.05) is 27.3 Å². The van der Waals surface area contributed by atoms with Gasteiger partial charge >= 0.3 is 0 Å². The van der Waals surface area contributed by atoms with Crippen LogP contribution in [0.25, 0.3) is 0 Å². The predicted molar refractivity (Wildman–Crippen MR) is 59.7 cm³/mol. The van der Waals surface area contributed by atoms with Crippen molar-refractivity contribution in [2.45, 2.75) is 12.3 Å². The monoisotopic (exact) mass is 225 g/mol. The van der Waals surface area contributed by atoms with E-state index in [1.807, 2.05) is 6.07 Å². The van der Waals surface area contributed by atoms with E-state index < -0.39 is 5.82 Å². The third kappa shape index (κ3) is 1.85. The van der Waals surface area contributed by atoms with Crippen molar-refractivity contribution in [1.29, 1.82) is 0 Å². The van der Waals surface area contributed by atoms with E-state index in [1.165, 1.54) is 14.2 Å². The summed E-state index contributed by atoms with van der Waals surface area (Å²) in [5, 5.41) is 3.26. The van der Waals surface area contributed by atoms with Gasteiger partial charge < -0.3 is 14.8 Å². The normalized spacial score (nSPS) is 19.8. The topological polar surface area (TPSA) is 30.5 Å². The maximum absolute atomic E-state index is 13.9. The molecule has 0 aromatic heterocycles. The highest BCUT2D eigenvalue weighted by Crippen LogP contribution is 2.36. The molecule has 0 spiro atoms. The number of rotatable bonds is 3. The summed E-state index contributed by atoms with van der Waals surface area (Å²) in [5.74, 6) is 0.462. The third-order valence-corrected chi connectivity index (χ3v) is 3.02. The Balaban J connectivity index is 2.40. The fourth-order valence-corrected chi connectivity index (χ4v) is 2.16. The maximum atomic E-state index is 13.9. The van der Waals surface area contributed by atoms with Crippen LogP contribution in [0.5, 0.6) is 11.5 Å². The van der Waals surface area contributed by atoms with Gasteiger partial charge in [0.25, 0.3) is 0 Å². The zero-order chi connectivity index (χ0) is 11.5. The summed E-state index contributed by atoms with van der Waals surface area (Å²) in [6.07, 6.45) is 1.02. The van der Waals surface area contributed by atoms with Crippen molar-refractivity contribution in [2.24, 2.45) is 0 Å². The van der Waals surface area contributed by atoms with Gasteiger partial charge in [-0.3, -0.25) is 0 Å². The summed E-state index contributed by atoms with van der Waals surface area (Å²) in [4.78, 5) is 0. The van der Waals surface area contributed by atoms with Crippen molar-refractivity contribution in [3.05, 3.63) is 23.5 Å². The van der Waals surface area contributed by atoms with E-state index in [2.05, 4.69) is 5.32 Å². The molecule has 1 aliphatic rings. The quantitative estimate of drug-likeness (QED) is 0.852. The van der Waals surface area contributed by atoms with Gasteiger partial charge in [0, 0.05) is 18.0 Å². The molecule has 1 unspecified atom stereocenters. The molecule has 4 heteroatoms. The van der Waals surface area contributed by atoms with Crippen molar-refractivity contribution < 1.29 is 13.9 Å². The first-order chi connectivity index (χ1) is 7.77. The highest BCUT2D eigenvalue weighted by molar-refractivity contribution is 5.45. The smallest absolute Gasteiger partial charge is 0.207 e. The SMILES string of the molecule is COc1ccc(C2CCNC2)c(OC)c1F. The van der Waals surface area contributed by atoms with Gasteiger partial charge in [-0.15, -0.1) is 0 Å². The van der Waals surface area contributed by atoms with Crippen LogP contribution >= 0.6 is 0 Å². The lowest BCUT2D eigenvalue weighted by Crippen LogP contribution is -2.09. The van der Waals surface area contributed by atoms with E-state index in [-0.39, 0.29) is 5.75 Å². The number of methoxy groups -OCH3 is 2. The summed E-state index contributed by atoms with van der Waals surface area (Å²) < 4.78 is 24.0. The first-order valence-corrected chi connectivity index (χ1v) is 5.39. The Morgan fingerprint density at radius 3 is 2.69 bits per heavy atom. The fourth-order valence-electron chi connectivity index (χ4n) is 2.16. The van der Waals surface area contributed by atoms with E-state index in [4.69, 9.17) is 9.47 Å². The molecule has 0 saturated carbocycles. The second kappa shape index (κ2) is 4.70. The number of halogens is 1. The van der Waals surface area contributed by atoms with E-state index in [1.54, 1.807) is 6.07 Å². The van der Waals surface area contributed by atoms with Gasteiger partial charge in [0.05, 0.1) is 14.2 Å². The summed E-state index contributed by atoms with van der Waals surface area (Å²) >= 11 is 0. The molecule has 0 bridgehead atoms. The van der Waals surface area contributed by atoms with Gasteiger partial charge in [0.1, 0.15) is 0 Å². The standard InChI is InChI=1S/C12H16FNO2/c1-15-10-4-3-9(8-5-6-14-7-8)12(16-2)11(10)13/h3-4,8,14H,5-7H2,1-2H3. The Morgan fingerprint density at radius 1 is 1.31 bits per heavy atom. The summed E-state index contributed by atoms with van der Waals surface area (Å²) in [5.41, 5.74) is 0.922. The lowest BCUT2D eigenvalue weighted by Gasteiger charge is -2.16. The van der Waals surface area contributed by atoms with Crippen LogP contribution in [0.1, 0.15) is 17.9 Å². The molecule has 1 N–H and O–H groups in total. The first kappa shape index (κ1) is 11.2. The third-order valence-electron chi connectivity index (χ3n) is 3.02. The second-order valence-electron chi connectivity index (χ2n) is 3.89. The molecule has 88 valence electrons. The lowest BCUT2D eigenvalue weighted by atomic mass is 9.97. The molecule has 1 heterocycles. The number of hydrogen-bond acceptors (Lipinski definition) is 3. The molecule has 0 aliphatic carbocycles. The Kier molecular flexibility index (Phi) is 3.29. The molecular weight excluding hydrogens is 209 g/mol. The average molecular weight is 225 g/mol. The molecule has 16 heavy (non-hydrogen) atoms. The van der Waals surface area contributed by atoms with Crippen molar-refractivity contribution in [1.82, 2.24) is 5.32 Å². The van der Waals surface area contributed by atoms with Gasteiger partial charge in [-0.1, -0.05) is 6.07 Å². The van der Waals surface area contributed by atoms with Gasteiger partial charge in [-0.25, -0.2) is 0 Å². The predicted octanol–water partition coefficient (Wildman–Crippen LogP) is 1.92. The van der Waals surface area contributed by atoms with E-state index in [9.17, 15) is 4.39 Å². The molecule has 2 rings (SSSR count). The highest BCUT2D eigenvalue weighted by atomic mass is 19.1. The molecule has 1 saturated heterocycles. The fraction of sp³-hybridized carbons (Fsp3) is 0.500. The molecule has 0 radical (unpaired) electrons. The van der Waals surface area contributed by atoms with Crippen LogP contribution in [0, 0.1) is 5.82 Å². The van der Waals surface area contributed by atoms with E-state index in [0.717, 1.165) is 25.1 Å². The molecule has 1 aromatic carbocycles. The molecule has 0 amide bonds. The van der Waals surface area contributed by atoms with Gasteiger partial charge in [-0.05, 0) is 19.0 Å². The van der Waals surface area contributed by atoms with Gasteiger partial charge in [0.15, 0.2) is 11.5 Å². The minimum atomic E-state index is -0.408. The van der Waals surface area contributed by atoms with Crippen LogP contribution in [-0.4, -0.2) is 27.3 Å². The van der Waals surface area contributed by atoms with Crippen LogP contribution in [0.2, 0.25) is 0 Å². The Labute approximate surface area is 94.6 Å². The summed E-state index contributed by atoms with van der Waals surface area (Å²) in [7, 11) is 2.94. The van der Waals surface area contributed by atoms with Crippen LogP contribution in [0.4, 0.5) is 4.39 Å². The van der Waals surface area contributed by atoms with Gasteiger partial charge in [-0.2, -0.15) is 4.39 Å². The molecule has 3 nitrogen and oxygen atoms in total. The van der Waals surface area contributed by atoms with E-state index >= 15 is 0 Å². The number of hydrogen-bond donors (Lipinski definition) is 1. The van der Waals surface area contributed by atoms with Gasteiger partial charge in [0.2, 0.25) is 5.82 Å². The van der Waals surface area contributed by atoms with Crippen LogP contribution in [0.3, 0.4) is 0 Å². The minimum absolute atomic E-state index is 0.228.